The number of nitrogens with one attached hydrogen (secondary N) is 1. The Labute approximate surface area is 125 Å². The van der Waals surface area contributed by atoms with Crippen LogP contribution < -0.4 is 5.32 Å². The molecule has 1 atom stereocenters. The van der Waals surface area contributed by atoms with Crippen LogP contribution in [0.1, 0.15) is 30.4 Å². The van der Waals surface area contributed by atoms with Gasteiger partial charge in [-0.2, -0.15) is 0 Å². The minimum absolute atomic E-state index is 0.202. The molecule has 0 aromatic heterocycles. The van der Waals surface area contributed by atoms with Gasteiger partial charge >= 0.3 is 0 Å². The van der Waals surface area contributed by atoms with Crippen LogP contribution in [0.2, 0.25) is 0 Å². The highest BCUT2D eigenvalue weighted by Gasteiger charge is 2.26. The summed E-state index contributed by atoms with van der Waals surface area (Å²) < 4.78 is 23.8. The molecule has 114 valence electrons. The second-order valence-electron chi connectivity index (χ2n) is 6.14. The summed E-state index contributed by atoms with van der Waals surface area (Å²) >= 11 is 0. The number of Topliss-reactive ketones (excluding diaryl/α,β-unsaturated/α-hetero) is 1. The van der Waals surface area contributed by atoms with Gasteiger partial charge in [0.25, 0.3) is 0 Å². The van der Waals surface area contributed by atoms with Crippen LogP contribution in [-0.2, 0) is 27.5 Å². The van der Waals surface area contributed by atoms with Crippen LogP contribution in [0.4, 0.5) is 0 Å². The van der Waals surface area contributed by atoms with E-state index in [9.17, 15) is 13.2 Å². The first kappa shape index (κ1) is 14.7. The first-order chi connectivity index (χ1) is 10.0. The van der Waals surface area contributed by atoms with Gasteiger partial charge in [-0.25, -0.2) is 8.42 Å². The zero-order valence-electron chi connectivity index (χ0n) is 12.1. The summed E-state index contributed by atoms with van der Waals surface area (Å²) in [5.74, 6) is 0.844. The third-order valence-corrected chi connectivity index (χ3v) is 6.22. The fourth-order valence-corrected chi connectivity index (χ4v) is 4.89. The van der Waals surface area contributed by atoms with Crippen molar-refractivity contribution in [2.45, 2.75) is 37.0 Å². The van der Waals surface area contributed by atoms with Crippen molar-refractivity contribution in [1.82, 2.24) is 5.32 Å². The van der Waals surface area contributed by atoms with Crippen molar-refractivity contribution in [3.63, 3.8) is 0 Å². The summed E-state index contributed by atoms with van der Waals surface area (Å²) in [4.78, 5) is 12.6. The summed E-state index contributed by atoms with van der Waals surface area (Å²) in [5, 5.41) is 3.32. The maximum Gasteiger partial charge on any atom is 0.178 e. The minimum atomic E-state index is -3.11. The molecule has 5 heteroatoms. The number of hydrogen-bond donors (Lipinski definition) is 1. The third kappa shape index (κ3) is 3.35. The number of carbonyl (C=O) groups is 1. The smallest absolute Gasteiger partial charge is 0.178 e. The van der Waals surface area contributed by atoms with E-state index in [2.05, 4.69) is 5.32 Å². The van der Waals surface area contributed by atoms with Gasteiger partial charge in [-0.15, -0.1) is 0 Å². The third-order valence-electron chi connectivity index (χ3n) is 4.42. The van der Waals surface area contributed by atoms with E-state index < -0.39 is 9.84 Å². The largest absolute Gasteiger partial charge is 0.316 e. The maximum atomic E-state index is 12.2. The lowest BCUT2D eigenvalue weighted by molar-refractivity contribution is -0.119. The Morgan fingerprint density at radius 1 is 1.33 bits per heavy atom. The van der Waals surface area contributed by atoms with Crippen LogP contribution in [0.15, 0.2) is 23.1 Å². The number of carbonyl (C=O) groups excluding carboxylic acids is 1. The number of benzene rings is 1. The molecule has 0 bridgehead atoms. The second kappa shape index (κ2) is 5.89. The first-order valence-electron chi connectivity index (χ1n) is 7.61. The Morgan fingerprint density at radius 3 is 2.95 bits per heavy atom. The number of rotatable bonds is 4. The molecule has 1 saturated heterocycles. The van der Waals surface area contributed by atoms with E-state index in [1.54, 1.807) is 6.07 Å². The molecule has 0 saturated carbocycles. The van der Waals surface area contributed by atoms with Gasteiger partial charge in [-0.3, -0.25) is 4.79 Å². The van der Waals surface area contributed by atoms with Gasteiger partial charge in [-0.1, -0.05) is 12.1 Å². The van der Waals surface area contributed by atoms with Gasteiger partial charge in [-0.05, 0) is 55.5 Å². The van der Waals surface area contributed by atoms with Crippen LogP contribution in [0.3, 0.4) is 0 Å². The van der Waals surface area contributed by atoms with E-state index in [1.807, 2.05) is 12.1 Å². The van der Waals surface area contributed by atoms with Crippen LogP contribution in [0.25, 0.3) is 0 Å². The van der Waals surface area contributed by atoms with E-state index >= 15 is 0 Å². The van der Waals surface area contributed by atoms with E-state index in [4.69, 9.17) is 0 Å². The number of hydrogen-bond acceptors (Lipinski definition) is 4. The minimum Gasteiger partial charge on any atom is -0.316 e. The Kier molecular flexibility index (Phi) is 4.13. The van der Waals surface area contributed by atoms with Gasteiger partial charge in [0, 0.05) is 12.8 Å². The van der Waals surface area contributed by atoms with E-state index in [0.717, 1.165) is 37.1 Å². The molecule has 0 radical (unpaired) electrons. The maximum absolute atomic E-state index is 12.2. The van der Waals surface area contributed by atoms with E-state index in [-0.39, 0.29) is 11.5 Å². The molecule has 0 amide bonds. The summed E-state index contributed by atoms with van der Waals surface area (Å²) in [6.45, 7) is 1.97. The van der Waals surface area contributed by atoms with E-state index in [0.29, 0.717) is 30.1 Å². The predicted octanol–water partition coefficient (Wildman–Crippen LogP) is 1.52. The molecule has 0 spiro atoms. The second-order valence-corrected chi connectivity index (χ2v) is 8.22. The lowest BCUT2D eigenvalue weighted by Crippen LogP contribution is -2.31. The SMILES string of the molecule is O=C(Cc1ccc2c(c1)S(=O)(=O)CC2)CC1CCCNC1. The van der Waals surface area contributed by atoms with Crippen molar-refractivity contribution in [3.8, 4) is 0 Å². The standard InChI is InChI=1S/C16H21NO3S/c18-15(9-13-2-1-6-17-11-13)8-12-3-4-14-5-7-21(19,20)16(14)10-12/h3-4,10,13,17H,1-2,5-9,11H2. The Morgan fingerprint density at radius 2 is 2.19 bits per heavy atom. The molecule has 2 aliphatic heterocycles. The van der Waals surface area contributed by atoms with Crippen molar-refractivity contribution in [1.29, 1.82) is 0 Å². The van der Waals surface area contributed by atoms with Crippen molar-refractivity contribution < 1.29 is 13.2 Å². The van der Waals surface area contributed by atoms with Gasteiger partial charge in [0.15, 0.2) is 9.84 Å². The van der Waals surface area contributed by atoms with Gasteiger partial charge in [0.2, 0.25) is 0 Å². The molecule has 2 aliphatic rings. The molecule has 0 aliphatic carbocycles. The average molecular weight is 307 g/mol. The quantitative estimate of drug-likeness (QED) is 0.916. The number of piperidine rings is 1. The topological polar surface area (TPSA) is 63.2 Å². The predicted molar refractivity (Wildman–Crippen MR) is 81.1 cm³/mol. The summed E-state index contributed by atoms with van der Waals surface area (Å²) in [6, 6.07) is 5.47. The highest BCUT2D eigenvalue weighted by molar-refractivity contribution is 7.91. The number of aryl methyl sites for hydroxylation is 1. The fourth-order valence-electron chi connectivity index (χ4n) is 3.28. The van der Waals surface area contributed by atoms with Gasteiger partial charge in [0.05, 0.1) is 10.6 Å². The molecule has 1 aromatic rings. The molecule has 3 rings (SSSR count). The van der Waals surface area contributed by atoms with Gasteiger partial charge in [0.1, 0.15) is 5.78 Å². The molecule has 1 aromatic carbocycles. The van der Waals surface area contributed by atoms with Crippen LogP contribution in [-0.4, -0.2) is 33.0 Å². The molecule has 1 fully saturated rings. The molecular weight excluding hydrogens is 286 g/mol. The summed E-state index contributed by atoms with van der Waals surface area (Å²) in [6.07, 6.45) is 3.78. The number of ketones is 1. The van der Waals surface area contributed by atoms with Crippen LogP contribution in [0, 0.1) is 5.92 Å². The zero-order valence-corrected chi connectivity index (χ0v) is 12.9. The Hall–Kier alpha value is -1.20. The Bertz CT molecular complexity index is 645. The highest BCUT2D eigenvalue weighted by Crippen LogP contribution is 2.27. The van der Waals surface area contributed by atoms with Crippen LogP contribution >= 0.6 is 0 Å². The van der Waals surface area contributed by atoms with Crippen molar-refractivity contribution in [3.05, 3.63) is 29.3 Å². The monoisotopic (exact) mass is 307 g/mol. The molecule has 2 heterocycles. The highest BCUT2D eigenvalue weighted by atomic mass is 32.2. The lowest BCUT2D eigenvalue weighted by Gasteiger charge is -2.21. The van der Waals surface area contributed by atoms with Gasteiger partial charge < -0.3 is 5.32 Å². The van der Waals surface area contributed by atoms with Crippen molar-refractivity contribution in [2.75, 3.05) is 18.8 Å². The zero-order chi connectivity index (χ0) is 14.9. The lowest BCUT2D eigenvalue weighted by atomic mass is 9.92. The Balaban J connectivity index is 1.67. The molecule has 1 N–H and O–H groups in total. The number of fused-ring (bicyclic) bond motifs is 1. The molecule has 1 unspecified atom stereocenters. The summed E-state index contributed by atoms with van der Waals surface area (Å²) in [5.41, 5.74) is 1.72. The normalized spacial score (nSPS) is 23.7. The van der Waals surface area contributed by atoms with Crippen molar-refractivity contribution >= 4 is 15.6 Å². The number of sulfone groups is 1. The van der Waals surface area contributed by atoms with Crippen LogP contribution in [0.5, 0.6) is 0 Å². The van der Waals surface area contributed by atoms with Crippen molar-refractivity contribution in [2.24, 2.45) is 5.92 Å². The fraction of sp³-hybridized carbons (Fsp3) is 0.562. The molecule has 21 heavy (non-hydrogen) atoms. The van der Waals surface area contributed by atoms with E-state index in [1.165, 1.54) is 0 Å². The molecule has 4 nitrogen and oxygen atoms in total. The first-order valence-corrected chi connectivity index (χ1v) is 9.27. The average Bonchev–Trinajstić information content (AvgIpc) is 2.75. The summed E-state index contributed by atoms with van der Waals surface area (Å²) in [7, 11) is -3.11. The molecular formula is C16H21NO3S.